The van der Waals surface area contributed by atoms with E-state index in [9.17, 15) is 4.79 Å². The number of rotatable bonds is 7. The minimum Gasteiger partial charge on any atom is -0.308 e. The van der Waals surface area contributed by atoms with Crippen LogP contribution in [0.5, 0.6) is 0 Å². The molecule has 0 unspecified atom stereocenters. The minimum absolute atomic E-state index is 0.0432. The first-order valence-electron chi connectivity index (χ1n) is 10.1. The maximum atomic E-state index is 13.1. The Morgan fingerprint density at radius 2 is 1.72 bits per heavy atom. The Morgan fingerprint density at radius 1 is 1.09 bits per heavy atom. The van der Waals surface area contributed by atoms with Crippen molar-refractivity contribution in [1.29, 1.82) is 0 Å². The number of carbonyl (C=O) groups is 1. The lowest BCUT2D eigenvalue weighted by atomic mass is 10.2. The molecule has 172 valence electrons. The van der Waals surface area contributed by atoms with Crippen LogP contribution in [0.15, 0.2) is 41.8 Å². The Kier molecular flexibility index (Phi) is 7.47. The molecule has 3 aromatic heterocycles. The number of thiophene rings is 1. The smallest absolute Gasteiger partial charge is 0.308 e. The number of para-hydroxylation sites is 2. The number of hydrogen-bond donors (Lipinski definition) is 2. The van der Waals surface area contributed by atoms with Crippen LogP contribution in [0.25, 0.3) is 16.8 Å². The molecule has 4 rings (SSSR count). The van der Waals surface area contributed by atoms with Crippen LogP contribution in [-0.2, 0) is 16.9 Å². The molecule has 0 aliphatic carbocycles. The monoisotopic (exact) mass is 478 g/mol. The molecule has 0 saturated heterocycles. The number of imidazole rings is 2. The van der Waals surface area contributed by atoms with E-state index in [-0.39, 0.29) is 5.78 Å². The molecule has 2 N–H and O–H groups in total. The summed E-state index contributed by atoms with van der Waals surface area (Å²) in [6.45, 7) is 10.2. The standard InChI is InChI=1S/C21H24N4OS.H2O4S/c1-4-23(5-2)12-13-24-16-9-6-7-10-17(16)25-19(15(3)22-21(24)25)20(26)18-11-8-14-27-18;1-5(2,3)4/h6-11,14H,4-5,12-13H2,1-3H3;(H2,1,2,3,4). The van der Waals surface area contributed by atoms with E-state index in [1.54, 1.807) is 0 Å². The van der Waals surface area contributed by atoms with E-state index >= 15 is 0 Å². The van der Waals surface area contributed by atoms with Crippen molar-refractivity contribution in [3.63, 3.8) is 0 Å². The Hall–Kier alpha value is -2.57. The molecule has 0 radical (unpaired) electrons. The molecule has 0 atom stereocenters. The first-order chi connectivity index (χ1) is 15.2. The lowest BCUT2D eigenvalue weighted by Crippen LogP contribution is -2.27. The molecule has 0 aliphatic heterocycles. The summed E-state index contributed by atoms with van der Waals surface area (Å²) in [5.41, 5.74) is 3.61. The summed E-state index contributed by atoms with van der Waals surface area (Å²) >= 11 is 1.47. The molecular formula is C21H26N4O5S2. The largest absolute Gasteiger partial charge is 0.394 e. The molecule has 0 bridgehead atoms. The molecule has 0 amide bonds. The quantitative estimate of drug-likeness (QED) is 0.308. The second-order valence-electron chi connectivity index (χ2n) is 7.10. The van der Waals surface area contributed by atoms with Gasteiger partial charge in [-0.1, -0.05) is 32.0 Å². The highest BCUT2D eigenvalue weighted by Gasteiger charge is 2.24. The van der Waals surface area contributed by atoms with E-state index in [0.717, 1.165) is 53.6 Å². The summed E-state index contributed by atoms with van der Waals surface area (Å²) in [7, 11) is -4.67. The van der Waals surface area contributed by atoms with Gasteiger partial charge in [-0.15, -0.1) is 11.3 Å². The fourth-order valence-electron chi connectivity index (χ4n) is 3.71. The third kappa shape index (κ3) is 5.25. The number of likely N-dealkylation sites (N-methyl/N-ethyl adjacent to an activating group) is 1. The minimum atomic E-state index is -4.67. The summed E-state index contributed by atoms with van der Waals surface area (Å²) in [5, 5.41) is 1.94. The van der Waals surface area contributed by atoms with Gasteiger partial charge in [-0.3, -0.25) is 18.3 Å². The van der Waals surface area contributed by atoms with Gasteiger partial charge in [-0.05, 0) is 43.6 Å². The molecule has 11 heteroatoms. The van der Waals surface area contributed by atoms with Crippen LogP contribution >= 0.6 is 11.3 Å². The summed E-state index contributed by atoms with van der Waals surface area (Å²) < 4.78 is 35.9. The molecule has 0 fully saturated rings. The number of ketones is 1. The van der Waals surface area contributed by atoms with E-state index in [2.05, 4.69) is 35.4 Å². The van der Waals surface area contributed by atoms with Gasteiger partial charge in [0.2, 0.25) is 11.6 Å². The molecule has 32 heavy (non-hydrogen) atoms. The highest BCUT2D eigenvalue weighted by molar-refractivity contribution is 7.79. The zero-order valence-corrected chi connectivity index (χ0v) is 19.7. The van der Waals surface area contributed by atoms with Gasteiger partial charge in [0.25, 0.3) is 0 Å². The van der Waals surface area contributed by atoms with E-state index < -0.39 is 10.4 Å². The highest BCUT2D eigenvalue weighted by Crippen LogP contribution is 2.26. The van der Waals surface area contributed by atoms with Crippen LogP contribution < -0.4 is 0 Å². The second kappa shape index (κ2) is 9.92. The molecular weight excluding hydrogens is 452 g/mol. The summed E-state index contributed by atoms with van der Waals surface area (Å²) in [6, 6.07) is 12.0. The summed E-state index contributed by atoms with van der Waals surface area (Å²) in [6.07, 6.45) is 0. The Bertz CT molecular complexity index is 1310. The number of fused-ring (bicyclic) bond motifs is 3. The van der Waals surface area contributed by atoms with Crippen molar-refractivity contribution in [2.75, 3.05) is 19.6 Å². The summed E-state index contributed by atoms with van der Waals surface area (Å²) in [5.74, 6) is 0.891. The Morgan fingerprint density at radius 3 is 2.28 bits per heavy atom. The molecule has 0 aliphatic rings. The molecule has 1 aromatic carbocycles. The number of hydrogen-bond acceptors (Lipinski definition) is 6. The van der Waals surface area contributed by atoms with Gasteiger partial charge >= 0.3 is 10.4 Å². The number of benzene rings is 1. The van der Waals surface area contributed by atoms with Crippen molar-refractivity contribution in [3.05, 3.63) is 58.0 Å². The fourth-order valence-corrected chi connectivity index (χ4v) is 4.37. The first kappa shape index (κ1) is 24.1. The Balaban J connectivity index is 0.000000523. The van der Waals surface area contributed by atoms with Gasteiger partial charge in [0.1, 0.15) is 5.69 Å². The van der Waals surface area contributed by atoms with Crippen molar-refractivity contribution >= 4 is 44.3 Å². The molecule has 9 nitrogen and oxygen atoms in total. The van der Waals surface area contributed by atoms with Crippen LogP contribution in [0.4, 0.5) is 0 Å². The maximum Gasteiger partial charge on any atom is 0.394 e. The summed E-state index contributed by atoms with van der Waals surface area (Å²) in [4.78, 5) is 21.1. The van der Waals surface area contributed by atoms with Crippen LogP contribution in [0, 0.1) is 6.92 Å². The van der Waals surface area contributed by atoms with E-state index in [1.807, 2.05) is 41.0 Å². The van der Waals surface area contributed by atoms with Gasteiger partial charge in [-0.25, -0.2) is 4.98 Å². The van der Waals surface area contributed by atoms with E-state index in [0.29, 0.717) is 5.69 Å². The third-order valence-corrected chi connectivity index (χ3v) is 6.05. The molecule has 0 saturated carbocycles. The number of carbonyl (C=O) groups excluding carboxylic acids is 1. The van der Waals surface area contributed by atoms with Gasteiger partial charge in [-0.2, -0.15) is 8.42 Å². The predicted molar refractivity (Wildman–Crippen MR) is 125 cm³/mol. The number of aryl methyl sites for hydroxylation is 1. The van der Waals surface area contributed by atoms with Crippen molar-refractivity contribution in [2.45, 2.75) is 27.3 Å². The van der Waals surface area contributed by atoms with Crippen molar-refractivity contribution in [2.24, 2.45) is 0 Å². The van der Waals surface area contributed by atoms with Crippen molar-refractivity contribution in [3.8, 4) is 0 Å². The molecule has 3 heterocycles. The van der Waals surface area contributed by atoms with Crippen LogP contribution in [0.3, 0.4) is 0 Å². The molecule has 0 spiro atoms. The number of aromatic nitrogens is 3. The maximum absolute atomic E-state index is 13.1. The average molecular weight is 479 g/mol. The van der Waals surface area contributed by atoms with Gasteiger partial charge in [0.05, 0.1) is 21.6 Å². The topological polar surface area (TPSA) is 117 Å². The van der Waals surface area contributed by atoms with E-state index in [4.69, 9.17) is 22.5 Å². The van der Waals surface area contributed by atoms with Crippen molar-refractivity contribution < 1.29 is 22.3 Å². The highest BCUT2D eigenvalue weighted by atomic mass is 32.3. The zero-order chi connectivity index (χ0) is 23.5. The van der Waals surface area contributed by atoms with Crippen LogP contribution in [0.2, 0.25) is 0 Å². The number of nitrogens with zero attached hydrogens (tertiary/aromatic N) is 4. The molecule has 4 aromatic rings. The van der Waals surface area contributed by atoms with Gasteiger partial charge < -0.3 is 9.47 Å². The predicted octanol–water partition coefficient (Wildman–Crippen LogP) is 3.58. The normalized spacial score (nSPS) is 11.8. The Labute approximate surface area is 190 Å². The average Bonchev–Trinajstić information content (AvgIpc) is 3.43. The lowest BCUT2D eigenvalue weighted by Gasteiger charge is -2.18. The van der Waals surface area contributed by atoms with Crippen LogP contribution in [0.1, 0.15) is 34.9 Å². The van der Waals surface area contributed by atoms with Gasteiger partial charge in [0.15, 0.2) is 0 Å². The van der Waals surface area contributed by atoms with Crippen molar-refractivity contribution in [1.82, 2.24) is 18.9 Å². The second-order valence-corrected chi connectivity index (χ2v) is 8.95. The third-order valence-electron chi connectivity index (χ3n) is 5.18. The lowest BCUT2D eigenvalue weighted by molar-refractivity contribution is 0.103. The SMILES string of the molecule is CCN(CC)CCn1c2ccccc2n2c(C(=O)c3cccs3)c(C)nc12.O=S(=O)(O)O. The van der Waals surface area contributed by atoms with Crippen LogP contribution in [-0.4, -0.2) is 61.8 Å². The zero-order valence-electron chi connectivity index (χ0n) is 18.1. The van der Waals surface area contributed by atoms with E-state index in [1.165, 1.54) is 11.3 Å². The fraction of sp³-hybridized carbons (Fsp3) is 0.333. The van der Waals surface area contributed by atoms with Gasteiger partial charge in [0, 0.05) is 13.1 Å². The first-order valence-corrected chi connectivity index (χ1v) is 12.4.